The molecule has 2 rings (SSSR count). The first-order valence-corrected chi connectivity index (χ1v) is 6.38. The Morgan fingerprint density at radius 3 is 2.82 bits per heavy atom. The Labute approximate surface area is 125 Å². The van der Waals surface area contributed by atoms with Gasteiger partial charge in [0.05, 0.1) is 30.3 Å². The number of aliphatic hydroxyl groups is 1. The summed E-state index contributed by atoms with van der Waals surface area (Å²) >= 11 is 0. The molecule has 0 aliphatic carbocycles. The Kier molecular flexibility index (Phi) is 4.74. The largest absolute Gasteiger partial charge is 0.497 e. The number of ether oxygens (including phenoxy) is 1. The van der Waals surface area contributed by atoms with Gasteiger partial charge in [-0.15, -0.1) is 0 Å². The van der Waals surface area contributed by atoms with Crippen molar-refractivity contribution in [3.8, 4) is 17.1 Å². The Balaban J connectivity index is 2.34. The minimum atomic E-state index is -0.550. The van der Waals surface area contributed by atoms with Crippen LogP contribution in [-0.4, -0.2) is 36.2 Å². The van der Waals surface area contributed by atoms with E-state index in [1.807, 2.05) is 0 Å². The van der Waals surface area contributed by atoms with Crippen LogP contribution in [0.25, 0.3) is 11.3 Å². The van der Waals surface area contributed by atoms with Gasteiger partial charge in [0.1, 0.15) is 11.5 Å². The van der Waals surface area contributed by atoms with Crippen LogP contribution in [-0.2, 0) is 0 Å². The highest BCUT2D eigenvalue weighted by atomic mass is 16.6. The van der Waals surface area contributed by atoms with Gasteiger partial charge < -0.3 is 19.6 Å². The highest BCUT2D eigenvalue weighted by Gasteiger charge is 2.20. The summed E-state index contributed by atoms with van der Waals surface area (Å²) in [4.78, 5) is 22.3. The first-order valence-electron chi connectivity index (χ1n) is 6.38. The lowest BCUT2D eigenvalue weighted by molar-refractivity contribution is -0.384. The zero-order valence-corrected chi connectivity index (χ0v) is 11.7. The molecule has 0 saturated heterocycles. The molecule has 0 atom stereocenters. The topological polar surface area (TPSA) is 115 Å². The molecule has 8 nitrogen and oxygen atoms in total. The van der Waals surface area contributed by atoms with Gasteiger partial charge in [0.2, 0.25) is 0 Å². The van der Waals surface area contributed by atoms with E-state index < -0.39 is 10.8 Å². The summed E-state index contributed by atoms with van der Waals surface area (Å²) in [5, 5.41) is 22.2. The van der Waals surface area contributed by atoms with Crippen LogP contribution < -0.4 is 10.1 Å². The lowest BCUT2D eigenvalue weighted by Gasteiger charge is -2.03. The number of methoxy groups -OCH3 is 1. The van der Waals surface area contributed by atoms with Crippen molar-refractivity contribution in [1.29, 1.82) is 0 Å². The van der Waals surface area contributed by atoms with Gasteiger partial charge in [0, 0.05) is 6.54 Å². The maximum atomic E-state index is 11.7. The molecule has 116 valence electrons. The van der Waals surface area contributed by atoms with E-state index in [9.17, 15) is 14.9 Å². The second-order valence-electron chi connectivity index (χ2n) is 4.28. The second-order valence-corrected chi connectivity index (χ2v) is 4.28. The lowest BCUT2D eigenvalue weighted by atomic mass is 10.1. The smallest absolute Gasteiger partial charge is 0.287 e. The first-order chi connectivity index (χ1) is 10.6. The molecule has 0 radical (unpaired) electrons. The van der Waals surface area contributed by atoms with Gasteiger partial charge in [-0.1, -0.05) is 0 Å². The molecule has 0 aliphatic heterocycles. The summed E-state index contributed by atoms with van der Waals surface area (Å²) in [7, 11) is 1.41. The number of nitrogens with zero attached hydrogens (tertiary/aromatic N) is 1. The van der Waals surface area contributed by atoms with Gasteiger partial charge in [-0.05, 0) is 24.3 Å². The van der Waals surface area contributed by atoms with E-state index in [4.69, 9.17) is 14.3 Å². The Morgan fingerprint density at radius 2 is 2.18 bits per heavy atom. The van der Waals surface area contributed by atoms with E-state index in [2.05, 4.69) is 5.32 Å². The van der Waals surface area contributed by atoms with Crippen LogP contribution in [0.2, 0.25) is 0 Å². The molecule has 0 fully saturated rings. The number of nitro benzene ring substituents is 1. The summed E-state index contributed by atoms with van der Waals surface area (Å²) in [6, 6.07) is 7.23. The molecule has 2 aromatic rings. The second kappa shape index (κ2) is 6.72. The Hall–Kier alpha value is -2.87. The molecule has 22 heavy (non-hydrogen) atoms. The Bertz CT molecular complexity index is 694. The van der Waals surface area contributed by atoms with Crippen molar-refractivity contribution in [2.24, 2.45) is 0 Å². The number of carbonyl (C=O) groups excluding carboxylic acids is 1. The van der Waals surface area contributed by atoms with Crippen LogP contribution in [0.4, 0.5) is 5.69 Å². The van der Waals surface area contributed by atoms with E-state index >= 15 is 0 Å². The van der Waals surface area contributed by atoms with E-state index in [1.54, 1.807) is 6.07 Å². The van der Waals surface area contributed by atoms with E-state index in [-0.39, 0.29) is 35.9 Å². The monoisotopic (exact) mass is 306 g/mol. The van der Waals surface area contributed by atoms with Gasteiger partial charge in [-0.2, -0.15) is 0 Å². The van der Waals surface area contributed by atoms with Gasteiger partial charge in [0.15, 0.2) is 5.76 Å². The fourth-order valence-electron chi connectivity index (χ4n) is 1.86. The van der Waals surface area contributed by atoms with Crippen LogP contribution >= 0.6 is 0 Å². The molecule has 0 spiro atoms. The summed E-state index contributed by atoms with van der Waals surface area (Å²) in [5.74, 6) is 0.0523. The van der Waals surface area contributed by atoms with Gasteiger partial charge >= 0.3 is 0 Å². The number of nitrogens with one attached hydrogen (secondary N) is 1. The number of nitro groups is 1. The summed E-state index contributed by atoms with van der Waals surface area (Å²) < 4.78 is 10.3. The zero-order chi connectivity index (χ0) is 16.1. The normalized spacial score (nSPS) is 10.3. The van der Waals surface area contributed by atoms with Crippen molar-refractivity contribution >= 4 is 11.6 Å². The first kappa shape index (κ1) is 15.5. The number of hydrogen-bond acceptors (Lipinski definition) is 6. The molecular weight excluding hydrogens is 292 g/mol. The molecule has 1 aromatic heterocycles. The molecular formula is C14H14N2O6. The Morgan fingerprint density at radius 1 is 1.41 bits per heavy atom. The third kappa shape index (κ3) is 3.23. The van der Waals surface area contributed by atoms with Crippen molar-refractivity contribution in [3.63, 3.8) is 0 Å². The fourth-order valence-corrected chi connectivity index (χ4v) is 1.86. The molecule has 1 heterocycles. The minimum absolute atomic E-state index is 0.00793. The quantitative estimate of drug-likeness (QED) is 0.618. The van der Waals surface area contributed by atoms with Crippen LogP contribution in [0.5, 0.6) is 5.75 Å². The van der Waals surface area contributed by atoms with Crippen LogP contribution in [0.15, 0.2) is 34.7 Å². The fraction of sp³-hybridized carbons (Fsp3) is 0.214. The number of amides is 1. The number of aliphatic hydroxyl groups excluding tert-OH is 1. The van der Waals surface area contributed by atoms with Gasteiger partial charge in [-0.25, -0.2) is 0 Å². The maximum Gasteiger partial charge on any atom is 0.287 e. The summed E-state index contributed by atoms with van der Waals surface area (Å²) in [6.45, 7) is -0.0964. The van der Waals surface area contributed by atoms with Crippen LogP contribution in [0.1, 0.15) is 10.6 Å². The van der Waals surface area contributed by atoms with E-state index in [0.717, 1.165) is 0 Å². The van der Waals surface area contributed by atoms with Crippen molar-refractivity contribution in [2.45, 2.75) is 0 Å². The summed E-state index contributed by atoms with van der Waals surface area (Å²) in [6.07, 6.45) is 0. The molecule has 0 saturated carbocycles. The number of furan rings is 1. The molecule has 0 bridgehead atoms. The minimum Gasteiger partial charge on any atom is -0.497 e. The molecule has 2 N–H and O–H groups in total. The molecule has 1 amide bonds. The van der Waals surface area contributed by atoms with Gasteiger partial charge in [0.25, 0.3) is 11.6 Å². The van der Waals surface area contributed by atoms with Gasteiger partial charge in [-0.3, -0.25) is 14.9 Å². The van der Waals surface area contributed by atoms with Crippen LogP contribution in [0, 0.1) is 10.1 Å². The zero-order valence-electron chi connectivity index (χ0n) is 11.7. The molecule has 0 aliphatic rings. The number of rotatable bonds is 6. The van der Waals surface area contributed by atoms with Crippen LogP contribution in [0.3, 0.4) is 0 Å². The van der Waals surface area contributed by atoms with Crippen molar-refractivity contribution in [3.05, 3.63) is 46.2 Å². The lowest BCUT2D eigenvalue weighted by Crippen LogP contribution is -2.25. The predicted molar refractivity (Wildman–Crippen MR) is 76.8 cm³/mol. The van der Waals surface area contributed by atoms with Crippen molar-refractivity contribution < 1.29 is 24.0 Å². The average Bonchev–Trinajstić information content (AvgIpc) is 3.01. The molecule has 0 unspecified atom stereocenters. The molecule has 1 aromatic carbocycles. The van der Waals surface area contributed by atoms with E-state index in [1.165, 1.54) is 31.4 Å². The van der Waals surface area contributed by atoms with Crippen molar-refractivity contribution in [2.75, 3.05) is 20.3 Å². The third-order valence-corrected chi connectivity index (χ3v) is 2.89. The highest BCUT2D eigenvalue weighted by molar-refractivity contribution is 5.92. The molecule has 8 heteroatoms. The number of carbonyl (C=O) groups is 1. The standard InChI is InChI=1S/C14H14N2O6/c1-21-9-2-3-10(11(8-9)16(19)20)12-4-5-13(22-12)14(18)15-6-7-17/h2-5,8,17H,6-7H2,1H3,(H,15,18). The maximum absolute atomic E-state index is 11.7. The van der Waals surface area contributed by atoms with Crippen molar-refractivity contribution in [1.82, 2.24) is 5.32 Å². The number of hydrogen-bond donors (Lipinski definition) is 2. The predicted octanol–water partition coefficient (Wildman–Crippen LogP) is 1.59. The summed E-state index contributed by atoms with van der Waals surface area (Å²) in [5.41, 5.74) is 0.0584. The van der Waals surface area contributed by atoms with E-state index in [0.29, 0.717) is 5.75 Å². The third-order valence-electron chi connectivity index (χ3n) is 2.89. The highest BCUT2D eigenvalue weighted by Crippen LogP contribution is 2.34. The SMILES string of the molecule is COc1ccc(-c2ccc(C(=O)NCCO)o2)c([N+](=O)[O-])c1. The number of benzene rings is 1. The average molecular weight is 306 g/mol.